The molecule has 0 aliphatic carbocycles. The van der Waals surface area contributed by atoms with Crippen LogP contribution in [0.5, 0.6) is 5.75 Å². The van der Waals surface area contributed by atoms with Gasteiger partial charge in [-0.3, -0.25) is 9.80 Å². The quantitative estimate of drug-likeness (QED) is 0.520. The van der Waals surface area contributed by atoms with Gasteiger partial charge in [0.05, 0.1) is 7.11 Å². The zero-order chi connectivity index (χ0) is 22.2. The molecular weight excluding hydrogens is 404 g/mol. The van der Waals surface area contributed by atoms with Crippen LogP contribution in [0.4, 0.5) is 0 Å². The molecule has 2 bridgehead atoms. The molecule has 170 valence electrons. The van der Waals surface area contributed by atoms with Crippen molar-refractivity contribution in [3.05, 3.63) is 102 Å². The molecule has 3 aromatic rings. The molecule has 4 aliphatic heterocycles. The SMILES string of the molecule is COc1ccccc1CN1C[C@H](c2ccccc2)[C@@H](c2ccccc2)[C@H]2[C@@H]1C1CCN2CC1. The molecule has 4 fully saturated rings. The molecule has 33 heavy (non-hydrogen) atoms. The first-order chi connectivity index (χ1) is 16.3. The molecule has 0 saturated carbocycles. The van der Waals surface area contributed by atoms with Crippen molar-refractivity contribution >= 4 is 0 Å². The van der Waals surface area contributed by atoms with Gasteiger partial charge in [-0.25, -0.2) is 0 Å². The number of para-hydroxylation sites is 1. The van der Waals surface area contributed by atoms with Gasteiger partial charge >= 0.3 is 0 Å². The van der Waals surface area contributed by atoms with E-state index in [9.17, 15) is 0 Å². The molecule has 0 unspecified atom stereocenters. The smallest absolute Gasteiger partial charge is 0.123 e. The summed E-state index contributed by atoms with van der Waals surface area (Å²) in [5.74, 6) is 2.80. The maximum absolute atomic E-state index is 5.75. The lowest BCUT2D eigenvalue weighted by atomic mass is 9.64. The number of ether oxygens (including phenoxy) is 1. The molecule has 0 aromatic heterocycles. The molecular formula is C30H34N2O. The number of fused-ring (bicyclic) bond motifs is 2. The number of hydrogen-bond acceptors (Lipinski definition) is 3. The van der Waals surface area contributed by atoms with Crippen molar-refractivity contribution in [2.75, 3.05) is 26.7 Å². The van der Waals surface area contributed by atoms with Gasteiger partial charge in [-0.1, -0.05) is 78.9 Å². The Morgan fingerprint density at radius 2 is 1.39 bits per heavy atom. The number of likely N-dealkylation sites (tertiary alicyclic amines) is 1. The fraction of sp³-hybridized carbons (Fsp3) is 0.400. The van der Waals surface area contributed by atoms with Crippen LogP contribution in [-0.2, 0) is 6.54 Å². The van der Waals surface area contributed by atoms with Crippen LogP contribution in [0.3, 0.4) is 0 Å². The summed E-state index contributed by atoms with van der Waals surface area (Å²) in [6.45, 7) is 4.55. The zero-order valence-corrected chi connectivity index (χ0v) is 19.5. The second kappa shape index (κ2) is 8.96. The number of methoxy groups -OCH3 is 1. The Morgan fingerprint density at radius 3 is 2.09 bits per heavy atom. The van der Waals surface area contributed by atoms with E-state index in [0.717, 1.165) is 24.8 Å². The van der Waals surface area contributed by atoms with Crippen molar-refractivity contribution in [3.63, 3.8) is 0 Å². The molecule has 4 aliphatic rings. The van der Waals surface area contributed by atoms with Gasteiger partial charge in [-0.05, 0) is 49.0 Å². The Kier molecular flexibility index (Phi) is 5.69. The lowest BCUT2D eigenvalue weighted by Gasteiger charge is -2.61. The van der Waals surface area contributed by atoms with Crippen molar-refractivity contribution in [2.45, 2.75) is 43.3 Å². The summed E-state index contributed by atoms with van der Waals surface area (Å²) in [5.41, 5.74) is 4.28. The standard InChI is InChI=1S/C30H34N2O/c1-33-27-15-9-8-14-25(27)20-32-21-26(22-10-4-2-5-11-22)28(23-12-6-3-7-13-23)30-29(32)24-16-18-31(30)19-17-24/h2-15,24,26,28-30H,16-21H2,1H3/t26-,28-,29+,30+/m1/s1. The van der Waals surface area contributed by atoms with Gasteiger partial charge in [0.2, 0.25) is 0 Å². The van der Waals surface area contributed by atoms with Gasteiger partial charge < -0.3 is 4.74 Å². The average molecular weight is 439 g/mol. The molecule has 0 amide bonds. The van der Waals surface area contributed by atoms with Crippen LogP contribution in [0.1, 0.15) is 41.4 Å². The predicted molar refractivity (Wildman–Crippen MR) is 134 cm³/mol. The van der Waals surface area contributed by atoms with Crippen LogP contribution >= 0.6 is 0 Å². The Bertz CT molecular complexity index is 1060. The fourth-order valence-electron chi connectivity index (χ4n) is 7.07. The summed E-state index contributed by atoms with van der Waals surface area (Å²) < 4.78 is 5.75. The number of nitrogens with zero attached hydrogens (tertiary/aromatic N) is 2. The Labute approximate surface area is 198 Å². The van der Waals surface area contributed by atoms with Gasteiger partial charge in [-0.15, -0.1) is 0 Å². The second-order valence-electron chi connectivity index (χ2n) is 10.0. The minimum Gasteiger partial charge on any atom is -0.496 e. The van der Waals surface area contributed by atoms with E-state index in [1.54, 1.807) is 7.11 Å². The van der Waals surface area contributed by atoms with Gasteiger partial charge in [0.1, 0.15) is 5.75 Å². The van der Waals surface area contributed by atoms with Crippen molar-refractivity contribution in [1.82, 2.24) is 9.80 Å². The van der Waals surface area contributed by atoms with Gasteiger partial charge in [0.15, 0.2) is 0 Å². The third kappa shape index (κ3) is 3.78. The molecule has 7 rings (SSSR count). The van der Waals surface area contributed by atoms with Crippen molar-refractivity contribution in [1.29, 1.82) is 0 Å². The first kappa shape index (κ1) is 20.9. The van der Waals surface area contributed by atoms with E-state index in [4.69, 9.17) is 4.74 Å². The van der Waals surface area contributed by atoms with Crippen LogP contribution in [0.2, 0.25) is 0 Å². The Morgan fingerprint density at radius 1 is 0.758 bits per heavy atom. The minimum atomic E-state index is 0.476. The topological polar surface area (TPSA) is 15.7 Å². The lowest BCUT2D eigenvalue weighted by molar-refractivity contribution is -0.0875. The summed E-state index contributed by atoms with van der Waals surface area (Å²) in [6.07, 6.45) is 2.67. The maximum Gasteiger partial charge on any atom is 0.123 e. The van der Waals surface area contributed by atoms with Gasteiger partial charge in [-0.2, -0.15) is 0 Å². The molecule has 4 atom stereocenters. The van der Waals surface area contributed by atoms with E-state index >= 15 is 0 Å². The largest absolute Gasteiger partial charge is 0.496 e. The lowest BCUT2D eigenvalue weighted by Crippen LogP contribution is -2.69. The third-order valence-corrected chi connectivity index (χ3v) is 8.46. The summed E-state index contributed by atoms with van der Waals surface area (Å²) in [4.78, 5) is 5.64. The van der Waals surface area contributed by atoms with Crippen molar-refractivity contribution in [3.8, 4) is 5.75 Å². The highest BCUT2D eigenvalue weighted by Gasteiger charge is 2.53. The zero-order valence-electron chi connectivity index (χ0n) is 19.5. The van der Waals surface area contributed by atoms with Gasteiger partial charge in [0.25, 0.3) is 0 Å². The molecule has 4 heterocycles. The monoisotopic (exact) mass is 438 g/mol. The highest BCUT2D eigenvalue weighted by Crippen LogP contribution is 2.51. The maximum atomic E-state index is 5.75. The Balaban J connectivity index is 1.45. The highest BCUT2D eigenvalue weighted by atomic mass is 16.5. The van der Waals surface area contributed by atoms with Crippen LogP contribution in [-0.4, -0.2) is 48.6 Å². The van der Waals surface area contributed by atoms with E-state index in [1.165, 1.54) is 42.6 Å². The van der Waals surface area contributed by atoms with Crippen LogP contribution in [0.25, 0.3) is 0 Å². The second-order valence-corrected chi connectivity index (χ2v) is 10.0. The molecule has 4 saturated heterocycles. The highest BCUT2D eigenvalue weighted by molar-refractivity contribution is 5.36. The van der Waals surface area contributed by atoms with Crippen LogP contribution < -0.4 is 4.74 Å². The summed E-state index contributed by atoms with van der Waals surface area (Å²) in [5, 5.41) is 0. The number of piperidine rings is 4. The first-order valence-electron chi connectivity index (χ1n) is 12.5. The van der Waals surface area contributed by atoms with Crippen LogP contribution in [0, 0.1) is 5.92 Å². The normalized spacial score (nSPS) is 31.2. The fourth-order valence-corrected chi connectivity index (χ4v) is 7.07. The number of rotatable bonds is 5. The van der Waals surface area contributed by atoms with Crippen molar-refractivity contribution in [2.24, 2.45) is 5.92 Å². The molecule has 3 heteroatoms. The van der Waals surface area contributed by atoms with E-state index in [0.29, 0.717) is 23.9 Å². The van der Waals surface area contributed by atoms with Gasteiger partial charge in [0, 0.05) is 42.6 Å². The third-order valence-electron chi connectivity index (χ3n) is 8.46. The van der Waals surface area contributed by atoms with Crippen molar-refractivity contribution < 1.29 is 4.74 Å². The molecule has 0 radical (unpaired) electrons. The van der Waals surface area contributed by atoms with E-state index in [2.05, 4.69) is 94.7 Å². The average Bonchev–Trinajstić information content (AvgIpc) is 2.90. The van der Waals surface area contributed by atoms with Crippen LogP contribution in [0.15, 0.2) is 84.9 Å². The summed E-state index contributed by atoms with van der Waals surface area (Å²) in [7, 11) is 1.80. The number of hydrogen-bond donors (Lipinski definition) is 0. The van der Waals surface area contributed by atoms with E-state index in [1.807, 2.05) is 0 Å². The molecule has 3 nitrogen and oxygen atoms in total. The Hall–Kier alpha value is -2.62. The molecule has 3 aromatic carbocycles. The molecule has 0 N–H and O–H groups in total. The number of benzene rings is 3. The summed E-state index contributed by atoms with van der Waals surface area (Å²) >= 11 is 0. The predicted octanol–water partition coefficient (Wildman–Crippen LogP) is 5.54. The molecule has 0 spiro atoms. The first-order valence-corrected chi connectivity index (χ1v) is 12.5. The van der Waals surface area contributed by atoms with E-state index in [-0.39, 0.29) is 0 Å². The van der Waals surface area contributed by atoms with E-state index < -0.39 is 0 Å². The minimum absolute atomic E-state index is 0.476. The summed E-state index contributed by atoms with van der Waals surface area (Å²) in [6, 6.07) is 32.3.